The molecule has 3 fully saturated rings. The number of fused-ring (bicyclic) bond motifs is 2. The standard InChI is InChI=1S/C42H43FN10O3/c1-48-41-29(7-3-12-35(41)52(42(48)55)32-15-18-40(54)45-28-56-27-32)9-5-19-49-21-23-50(24-22-49)38-14-4-11-33(46-38)36-26-44-37-16-17-39(47-53(36)37)51-20-6-13-34(51)30-8-2-10-31(43)25-30/h2-4,7-8,10-12,14,16-17,25-26,32,34H,6,13,15,18-24,27-28H2,1H3,(H,45,54)/t32?,34-/m1/s1. The number of imidazole rings is 2. The molecule has 3 saturated heterocycles. The average molecular weight is 755 g/mol. The van der Waals surface area contributed by atoms with Crippen molar-refractivity contribution in [2.24, 2.45) is 7.05 Å². The Hall–Kier alpha value is -6.04. The number of aromatic nitrogens is 6. The molecule has 1 unspecified atom stereocenters. The van der Waals surface area contributed by atoms with Gasteiger partial charge in [0.1, 0.15) is 29.9 Å². The molecule has 2 aromatic carbocycles. The molecule has 0 saturated carbocycles. The summed E-state index contributed by atoms with van der Waals surface area (Å²) in [4.78, 5) is 42.1. The zero-order valence-electron chi connectivity index (χ0n) is 31.3. The van der Waals surface area contributed by atoms with Crippen molar-refractivity contribution < 1.29 is 13.9 Å². The number of hydrogen-bond acceptors (Lipinski definition) is 9. The number of rotatable bonds is 6. The third kappa shape index (κ3) is 6.88. The molecule has 6 aromatic rings. The van der Waals surface area contributed by atoms with Gasteiger partial charge in [-0.05, 0) is 73.4 Å². The van der Waals surface area contributed by atoms with E-state index in [-0.39, 0.29) is 36.2 Å². The highest BCUT2D eigenvalue weighted by Crippen LogP contribution is 2.36. The number of pyridine rings is 1. The number of hydrogen-bond donors (Lipinski definition) is 1. The van der Waals surface area contributed by atoms with Gasteiger partial charge in [0.25, 0.3) is 0 Å². The summed E-state index contributed by atoms with van der Waals surface area (Å²) in [6.45, 7) is 5.21. The van der Waals surface area contributed by atoms with Crippen LogP contribution >= 0.6 is 0 Å². The minimum Gasteiger partial charge on any atom is -0.359 e. The molecule has 7 heterocycles. The number of amides is 1. The number of carbonyl (C=O) groups is 1. The molecule has 14 heteroatoms. The normalized spacial score (nSPS) is 19.5. The smallest absolute Gasteiger partial charge is 0.329 e. The fraction of sp³-hybridized carbons (Fsp3) is 0.357. The first-order chi connectivity index (χ1) is 27.4. The van der Waals surface area contributed by atoms with Gasteiger partial charge in [-0.2, -0.15) is 0 Å². The van der Waals surface area contributed by atoms with E-state index in [4.69, 9.17) is 14.8 Å². The molecule has 0 spiro atoms. The summed E-state index contributed by atoms with van der Waals surface area (Å²) in [6, 6.07) is 22.6. The van der Waals surface area contributed by atoms with E-state index in [2.05, 4.69) is 36.8 Å². The Labute approximate surface area is 323 Å². The number of piperazine rings is 1. The lowest BCUT2D eigenvalue weighted by molar-refractivity contribution is -0.124. The predicted molar refractivity (Wildman–Crippen MR) is 212 cm³/mol. The maximum Gasteiger partial charge on any atom is 0.329 e. The Morgan fingerprint density at radius 1 is 0.946 bits per heavy atom. The van der Waals surface area contributed by atoms with E-state index in [9.17, 15) is 14.0 Å². The molecule has 0 radical (unpaired) electrons. The van der Waals surface area contributed by atoms with E-state index in [0.29, 0.717) is 26.0 Å². The van der Waals surface area contributed by atoms with Crippen LogP contribution in [-0.2, 0) is 16.6 Å². The highest BCUT2D eigenvalue weighted by molar-refractivity contribution is 5.83. The minimum atomic E-state index is -0.238. The molecule has 1 amide bonds. The first-order valence-electron chi connectivity index (χ1n) is 19.3. The van der Waals surface area contributed by atoms with Crippen LogP contribution in [0.3, 0.4) is 0 Å². The van der Waals surface area contributed by atoms with Crippen LogP contribution in [0.25, 0.3) is 28.1 Å². The zero-order valence-corrected chi connectivity index (χ0v) is 31.3. The van der Waals surface area contributed by atoms with E-state index in [1.165, 1.54) is 6.07 Å². The van der Waals surface area contributed by atoms with Crippen LogP contribution in [0, 0.1) is 17.7 Å². The fourth-order valence-electron chi connectivity index (χ4n) is 8.31. The molecule has 0 bridgehead atoms. The molecular formula is C42H43FN10O3. The number of para-hydroxylation sites is 1. The van der Waals surface area contributed by atoms with Crippen LogP contribution in [0.5, 0.6) is 0 Å². The maximum atomic E-state index is 14.1. The van der Waals surface area contributed by atoms with Crippen molar-refractivity contribution in [3.8, 4) is 23.2 Å². The fourth-order valence-corrected chi connectivity index (χ4v) is 8.31. The molecule has 1 N–H and O–H groups in total. The Morgan fingerprint density at radius 3 is 2.68 bits per heavy atom. The lowest BCUT2D eigenvalue weighted by Crippen LogP contribution is -2.46. The first-order valence-corrected chi connectivity index (χ1v) is 19.3. The first kappa shape index (κ1) is 35.6. The molecular weight excluding hydrogens is 712 g/mol. The molecule has 9 rings (SSSR count). The summed E-state index contributed by atoms with van der Waals surface area (Å²) in [6.07, 6.45) is 4.63. The monoisotopic (exact) mass is 754 g/mol. The number of halogens is 1. The predicted octanol–water partition coefficient (Wildman–Crippen LogP) is 4.52. The quantitative estimate of drug-likeness (QED) is 0.245. The third-order valence-corrected chi connectivity index (χ3v) is 11.2. The van der Waals surface area contributed by atoms with Crippen molar-refractivity contribution in [2.45, 2.75) is 37.8 Å². The van der Waals surface area contributed by atoms with E-state index in [0.717, 1.165) is 96.4 Å². The van der Waals surface area contributed by atoms with Crippen LogP contribution in [0.4, 0.5) is 16.0 Å². The summed E-state index contributed by atoms with van der Waals surface area (Å²) < 4.78 is 25.0. The van der Waals surface area contributed by atoms with Gasteiger partial charge in [0.2, 0.25) is 5.91 Å². The largest absolute Gasteiger partial charge is 0.359 e. The molecule has 3 aliphatic rings. The van der Waals surface area contributed by atoms with Crippen LogP contribution in [0.1, 0.15) is 48.9 Å². The summed E-state index contributed by atoms with van der Waals surface area (Å²) in [7, 11) is 1.77. The van der Waals surface area contributed by atoms with Gasteiger partial charge in [-0.25, -0.2) is 23.7 Å². The minimum absolute atomic E-state index is 0.0653. The van der Waals surface area contributed by atoms with Crippen LogP contribution in [0.15, 0.2) is 83.8 Å². The molecule has 3 aliphatic heterocycles. The van der Waals surface area contributed by atoms with E-state index in [1.807, 2.05) is 65.3 Å². The second kappa shape index (κ2) is 15.2. The van der Waals surface area contributed by atoms with Crippen LogP contribution in [0.2, 0.25) is 0 Å². The van der Waals surface area contributed by atoms with Gasteiger partial charge in [-0.15, -0.1) is 5.10 Å². The molecule has 13 nitrogen and oxygen atoms in total. The number of anilines is 2. The van der Waals surface area contributed by atoms with Crippen LogP contribution in [-0.4, -0.2) is 92.1 Å². The van der Waals surface area contributed by atoms with Crippen molar-refractivity contribution in [2.75, 3.05) is 62.4 Å². The zero-order chi connectivity index (χ0) is 38.2. The van der Waals surface area contributed by atoms with Crippen molar-refractivity contribution in [1.29, 1.82) is 0 Å². The van der Waals surface area contributed by atoms with Crippen molar-refractivity contribution in [3.05, 3.63) is 106 Å². The van der Waals surface area contributed by atoms with E-state index >= 15 is 0 Å². The molecule has 56 heavy (non-hydrogen) atoms. The van der Waals surface area contributed by atoms with E-state index in [1.54, 1.807) is 28.3 Å². The van der Waals surface area contributed by atoms with Crippen molar-refractivity contribution in [3.63, 3.8) is 0 Å². The molecule has 0 aliphatic carbocycles. The number of nitrogens with one attached hydrogen (secondary N) is 1. The number of benzene rings is 2. The van der Waals surface area contributed by atoms with E-state index < -0.39 is 0 Å². The Balaban J connectivity index is 0.874. The second-order valence-corrected chi connectivity index (χ2v) is 14.6. The number of carbonyl (C=O) groups excluding carboxylic acids is 1. The summed E-state index contributed by atoms with van der Waals surface area (Å²) >= 11 is 0. The highest BCUT2D eigenvalue weighted by atomic mass is 19.1. The number of ether oxygens (including phenoxy) is 1. The molecule has 2 atom stereocenters. The Morgan fingerprint density at radius 2 is 1.80 bits per heavy atom. The summed E-state index contributed by atoms with van der Waals surface area (Å²) in [5, 5.41) is 7.74. The number of nitrogens with zero attached hydrogens (tertiary/aromatic N) is 9. The maximum absolute atomic E-state index is 14.1. The van der Waals surface area contributed by atoms with Gasteiger partial charge in [-0.1, -0.05) is 36.1 Å². The van der Waals surface area contributed by atoms with Gasteiger partial charge in [0.15, 0.2) is 5.65 Å². The number of aryl methyl sites for hydroxylation is 1. The molecule has 286 valence electrons. The lowest BCUT2D eigenvalue weighted by Gasteiger charge is -2.34. The lowest BCUT2D eigenvalue weighted by atomic mass is 10.0. The summed E-state index contributed by atoms with van der Waals surface area (Å²) in [5.74, 6) is 8.14. The SMILES string of the molecule is Cn1c(=O)n(C2CCC(=O)NCOC2)c2cccc(C#CCN3CCN(c4cccc(-c5cnc6ccc(N7CCC[C@@H]7c7cccc(F)c7)nn56)n4)CC3)c21. The molecule has 4 aromatic heterocycles. The van der Waals surface area contributed by atoms with Gasteiger partial charge in [0.05, 0.1) is 53.7 Å². The summed E-state index contributed by atoms with van der Waals surface area (Å²) in [5.41, 5.74) is 5.54. The Bertz CT molecular complexity index is 2540. The van der Waals surface area contributed by atoms with Gasteiger partial charge < -0.3 is 19.9 Å². The third-order valence-electron chi connectivity index (χ3n) is 11.2. The topological polar surface area (TPSA) is 118 Å². The second-order valence-electron chi connectivity index (χ2n) is 14.6. The van der Waals surface area contributed by atoms with Gasteiger partial charge >= 0.3 is 5.69 Å². The van der Waals surface area contributed by atoms with Crippen molar-refractivity contribution >= 4 is 34.2 Å². The average Bonchev–Trinajstić information content (AvgIpc) is 3.94. The van der Waals surface area contributed by atoms with Gasteiger partial charge in [0, 0.05) is 46.2 Å². The van der Waals surface area contributed by atoms with Crippen LogP contribution < -0.4 is 20.8 Å². The van der Waals surface area contributed by atoms with Gasteiger partial charge in [-0.3, -0.25) is 18.8 Å². The highest BCUT2D eigenvalue weighted by Gasteiger charge is 2.28. The Kier molecular flexibility index (Phi) is 9.70. The van der Waals surface area contributed by atoms with Crippen molar-refractivity contribution in [1.82, 2.24) is 38.9 Å².